The van der Waals surface area contributed by atoms with Crippen LogP contribution in [-0.4, -0.2) is 21.8 Å². The normalized spacial score (nSPS) is 31.0. The van der Waals surface area contributed by atoms with Crippen LogP contribution in [0.4, 0.5) is 5.13 Å². The van der Waals surface area contributed by atoms with Crippen LogP contribution in [0.2, 0.25) is 5.02 Å². The molecule has 1 heterocycles. The van der Waals surface area contributed by atoms with E-state index in [1.54, 1.807) is 12.3 Å². The molecule has 0 saturated heterocycles. The highest BCUT2D eigenvalue weighted by molar-refractivity contribution is 7.15. The van der Waals surface area contributed by atoms with Crippen LogP contribution in [0.25, 0.3) is 0 Å². The summed E-state index contributed by atoms with van der Waals surface area (Å²) in [4.78, 5) is 31.0. The van der Waals surface area contributed by atoms with Gasteiger partial charge < -0.3 is 10.4 Å². The van der Waals surface area contributed by atoms with E-state index in [4.69, 9.17) is 11.6 Å². The molecule has 3 aliphatic carbocycles. The second-order valence-corrected chi connectivity index (χ2v) is 11.6. The number of aromatic hydroxyl groups is 1. The zero-order valence-electron chi connectivity index (χ0n) is 18.5. The molecule has 2 saturated carbocycles. The molecule has 5 rings (SSSR count). The van der Waals surface area contributed by atoms with Gasteiger partial charge in [0.25, 0.3) is 0 Å². The zero-order chi connectivity index (χ0) is 22.6. The number of halogens is 1. The smallest absolute Gasteiger partial charge is 0.226 e. The molecule has 0 radical (unpaired) electrons. The SMILES string of the molecule is Cc1cnc(NC(=O)CC[C@@H]2CC(=O)[C@@]3(C)CCC4c5ccc(O)c(Cl)c5CCC4C23)s1. The lowest BCUT2D eigenvalue weighted by Gasteiger charge is -2.50. The number of Topliss-reactive ketones (excluding diaryl/α,β-unsaturated/α-hetero) is 1. The molecule has 1 aromatic heterocycles. The quantitative estimate of drug-likeness (QED) is 0.582. The first-order valence-electron chi connectivity index (χ1n) is 11.5. The predicted molar refractivity (Wildman–Crippen MR) is 126 cm³/mol. The van der Waals surface area contributed by atoms with Crippen molar-refractivity contribution < 1.29 is 14.7 Å². The molecule has 2 N–H and O–H groups in total. The number of phenols is 1. The third-order valence-corrected chi connectivity index (χ3v) is 9.53. The molecule has 5 nitrogen and oxygen atoms in total. The number of aryl methyl sites for hydroxylation is 1. The average Bonchev–Trinajstić information content (AvgIpc) is 3.28. The van der Waals surface area contributed by atoms with Crippen LogP contribution in [0.15, 0.2) is 18.3 Å². The number of aromatic nitrogens is 1. The van der Waals surface area contributed by atoms with Crippen molar-refractivity contribution >= 4 is 39.8 Å². The number of carbonyl (C=O) groups excluding carboxylic acids is 2. The molecule has 32 heavy (non-hydrogen) atoms. The van der Waals surface area contributed by atoms with E-state index in [9.17, 15) is 14.7 Å². The van der Waals surface area contributed by atoms with Crippen molar-refractivity contribution in [2.75, 3.05) is 5.32 Å². The Balaban J connectivity index is 1.35. The molecule has 0 aliphatic heterocycles. The molecule has 1 aromatic carbocycles. The van der Waals surface area contributed by atoms with Crippen LogP contribution in [0, 0.1) is 30.1 Å². The minimum atomic E-state index is -0.285. The van der Waals surface area contributed by atoms with Crippen molar-refractivity contribution in [3.63, 3.8) is 0 Å². The summed E-state index contributed by atoms with van der Waals surface area (Å²) in [5, 5.41) is 14.1. The van der Waals surface area contributed by atoms with Crippen molar-refractivity contribution in [1.82, 2.24) is 4.98 Å². The van der Waals surface area contributed by atoms with Gasteiger partial charge in [0.05, 0.1) is 5.02 Å². The molecule has 0 bridgehead atoms. The second kappa shape index (κ2) is 8.14. The zero-order valence-corrected chi connectivity index (χ0v) is 20.1. The molecule has 170 valence electrons. The predicted octanol–water partition coefficient (Wildman–Crippen LogP) is 5.88. The van der Waals surface area contributed by atoms with Gasteiger partial charge in [0.2, 0.25) is 5.91 Å². The Morgan fingerprint density at radius 2 is 2.19 bits per heavy atom. The molecule has 7 heteroatoms. The molecule has 5 atom stereocenters. The molecule has 3 unspecified atom stereocenters. The second-order valence-electron chi connectivity index (χ2n) is 10.0. The lowest BCUT2D eigenvalue weighted by molar-refractivity contribution is -0.129. The van der Waals surface area contributed by atoms with Gasteiger partial charge in [0.1, 0.15) is 11.5 Å². The number of amides is 1. The fraction of sp³-hybridized carbons (Fsp3) is 0.560. The molecule has 3 aliphatic rings. The standard InChI is InChI=1S/C25H29ClN2O3S/c1-13-12-27-24(32-13)28-21(31)8-3-14-11-20(30)25(2)10-9-16-15-6-7-19(29)23(26)18(15)5-4-17(16)22(14)25/h6-7,12,14,16-17,22,29H,3-5,8-11H2,1-2H3,(H,27,28,31)/t14-,16?,17?,22?,25-/m1/s1. The minimum absolute atomic E-state index is 0.0241. The van der Waals surface area contributed by atoms with Crippen molar-refractivity contribution in [2.24, 2.45) is 23.2 Å². The number of nitrogens with zero attached hydrogens (tertiary/aromatic N) is 1. The number of carbonyl (C=O) groups is 2. The Morgan fingerprint density at radius 1 is 1.38 bits per heavy atom. The van der Waals surface area contributed by atoms with E-state index in [1.807, 2.05) is 13.0 Å². The van der Waals surface area contributed by atoms with Crippen LogP contribution >= 0.6 is 22.9 Å². The number of nitrogens with one attached hydrogen (secondary N) is 1. The summed E-state index contributed by atoms with van der Waals surface area (Å²) in [6, 6.07) is 3.74. The maximum atomic E-state index is 13.1. The number of rotatable bonds is 4. The molecular formula is C25H29ClN2O3S. The molecule has 2 fully saturated rings. The summed E-state index contributed by atoms with van der Waals surface area (Å²) < 4.78 is 0. The highest BCUT2D eigenvalue weighted by Gasteiger charge is 2.58. The van der Waals surface area contributed by atoms with E-state index in [1.165, 1.54) is 16.9 Å². The highest BCUT2D eigenvalue weighted by atomic mass is 35.5. The minimum Gasteiger partial charge on any atom is -0.506 e. The van der Waals surface area contributed by atoms with E-state index in [2.05, 4.69) is 17.2 Å². The third-order valence-electron chi connectivity index (χ3n) is 8.28. The van der Waals surface area contributed by atoms with Gasteiger partial charge in [0.15, 0.2) is 5.13 Å². The lowest BCUT2D eigenvalue weighted by atomic mass is 9.54. The number of anilines is 1. The number of ketones is 1. The van der Waals surface area contributed by atoms with Crippen molar-refractivity contribution in [3.8, 4) is 5.75 Å². The van der Waals surface area contributed by atoms with Crippen molar-refractivity contribution in [1.29, 1.82) is 0 Å². The van der Waals surface area contributed by atoms with Crippen LogP contribution in [0.1, 0.15) is 67.4 Å². The summed E-state index contributed by atoms with van der Waals surface area (Å²) in [6.07, 6.45) is 7.17. The van der Waals surface area contributed by atoms with Gasteiger partial charge in [0, 0.05) is 29.3 Å². The van der Waals surface area contributed by atoms with Gasteiger partial charge in [-0.3, -0.25) is 9.59 Å². The van der Waals surface area contributed by atoms with Crippen LogP contribution in [0.5, 0.6) is 5.75 Å². The number of phenolic OH excluding ortho intramolecular Hbond substituents is 1. The van der Waals surface area contributed by atoms with E-state index in [0.29, 0.717) is 46.5 Å². The Labute approximate surface area is 197 Å². The Bertz CT molecular complexity index is 1080. The monoisotopic (exact) mass is 472 g/mol. The molecule has 1 amide bonds. The summed E-state index contributed by atoms with van der Waals surface area (Å²) >= 11 is 7.91. The third kappa shape index (κ3) is 3.56. The largest absolute Gasteiger partial charge is 0.506 e. The molecule has 2 aromatic rings. The maximum Gasteiger partial charge on any atom is 0.226 e. The topological polar surface area (TPSA) is 79.3 Å². The van der Waals surface area contributed by atoms with Crippen LogP contribution in [-0.2, 0) is 16.0 Å². The summed E-state index contributed by atoms with van der Waals surface area (Å²) in [7, 11) is 0. The maximum absolute atomic E-state index is 13.1. The van der Waals surface area contributed by atoms with Crippen molar-refractivity contribution in [2.45, 2.75) is 64.7 Å². The first-order chi connectivity index (χ1) is 15.3. The fourth-order valence-electron chi connectivity index (χ4n) is 6.85. The van der Waals surface area contributed by atoms with Crippen LogP contribution in [0.3, 0.4) is 0 Å². The van der Waals surface area contributed by atoms with Gasteiger partial charge in [-0.2, -0.15) is 0 Å². The number of hydrogen-bond acceptors (Lipinski definition) is 5. The summed E-state index contributed by atoms with van der Waals surface area (Å²) in [5.74, 6) is 1.82. The number of benzene rings is 1. The number of hydrogen-bond donors (Lipinski definition) is 2. The van der Waals surface area contributed by atoms with E-state index < -0.39 is 0 Å². The van der Waals surface area contributed by atoms with Gasteiger partial charge in [-0.25, -0.2) is 4.98 Å². The lowest BCUT2D eigenvalue weighted by Crippen LogP contribution is -2.44. The highest BCUT2D eigenvalue weighted by Crippen LogP contribution is 2.62. The van der Waals surface area contributed by atoms with Gasteiger partial charge >= 0.3 is 0 Å². The molecule has 0 spiro atoms. The van der Waals surface area contributed by atoms with Crippen molar-refractivity contribution in [3.05, 3.63) is 39.4 Å². The van der Waals surface area contributed by atoms with E-state index in [0.717, 1.165) is 42.5 Å². The first kappa shape index (κ1) is 21.9. The molecular weight excluding hydrogens is 444 g/mol. The van der Waals surface area contributed by atoms with Gasteiger partial charge in [-0.1, -0.05) is 24.6 Å². The van der Waals surface area contributed by atoms with E-state index in [-0.39, 0.29) is 23.0 Å². The average molecular weight is 473 g/mol. The summed E-state index contributed by atoms with van der Waals surface area (Å²) in [5.41, 5.74) is 2.05. The fourth-order valence-corrected chi connectivity index (χ4v) is 7.80. The number of thiazole rings is 1. The Kier molecular flexibility index (Phi) is 5.57. The summed E-state index contributed by atoms with van der Waals surface area (Å²) in [6.45, 7) is 4.13. The van der Waals surface area contributed by atoms with E-state index >= 15 is 0 Å². The number of fused-ring (bicyclic) bond motifs is 5. The van der Waals surface area contributed by atoms with Crippen LogP contribution < -0.4 is 5.32 Å². The van der Waals surface area contributed by atoms with Gasteiger partial charge in [-0.05, 0) is 79.9 Å². The Hall–Kier alpha value is -1.92. The Morgan fingerprint density at radius 3 is 2.94 bits per heavy atom. The first-order valence-corrected chi connectivity index (χ1v) is 12.7. The van der Waals surface area contributed by atoms with Gasteiger partial charge in [-0.15, -0.1) is 11.3 Å².